The minimum atomic E-state index is -0.155. The van der Waals surface area contributed by atoms with Crippen molar-refractivity contribution >= 4 is 17.5 Å². The number of hydrogen-bond acceptors (Lipinski definition) is 2. The van der Waals surface area contributed by atoms with Gasteiger partial charge in [-0.25, -0.2) is 0 Å². The van der Waals surface area contributed by atoms with Gasteiger partial charge in [0.2, 0.25) is 0 Å². The van der Waals surface area contributed by atoms with Crippen molar-refractivity contribution in [1.82, 2.24) is 5.32 Å². The van der Waals surface area contributed by atoms with Gasteiger partial charge in [0.1, 0.15) is 5.76 Å². The van der Waals surface area contributed by atoms with Crippen LogP contribution in [0.4, 0.5) is 0 Å². The zero-order chi connectivity index (χ0) is 11.5. The zero-order valence-electron chi connectivity index (χ0n) is 9.33. The standard InChI is InChI=1S/C12H16ClNO2/c1-2-8-6-7-11(16-8)12(15)14-10-5-3-4-9(10)13/h6-7,9-10H,2-5H2,1H3,(H,14,15). The molecule has 0 saturated heterocycles. The van der Waals surface area contributed by atoms with Crippen molar-refractivity contribution in [2.24, 2.45) is 0 Å². The molecular formula is C12H16ClNO2. The maximum atomic E-state index is 11.8. The summed E-state index contributed by atoms with van der Waals surface area (Å²) in [5, 5.41) is 2.98. The molecule has 4 heteroatoms. The number of halogens is 1. The molecular weight excluding hydrogens is 226 g/mol. The molecule has 1 aromatic rings. The molecule has 1 fully saturated rings. The van der Waals surface area contributed by atoms with Gasteiger partial charge >= 0.3 is 0 Å². The summed E-state index contributed by atoms with van der Waals surface area (Å²) in [5.41, 5.74) is 0. The number of carbonyl (C=O) groups is 1. The Morgan fingerprint density at radius 1 is 1.56 bits per heavy atom. The number of rotatable bonds is 3. The van der Waals surface area contributed by atoms with Crippen LogP contribution in [0.5, 0.6) is 0 Å². The van der Waals surface area contributed by atoms with E-state index in [1.54, 1.807) is 6.07 Å². The van der Waals surface area contributed by atoms with Crippen LogP contribution in [-0.4, -0.2) is 17.3 Å². The van der Waals surface area contributed by atoms with E-state index in [4.69, 9.17) is 16.0 Å². The van der Waals surface area contributed by atoms with E-state index in [0.29, 0.717) is 5.76 Å². The average Bonchev–Trinajstić information content (AvgIpc) is 2.88. The smallest absolute Gasteiger partial charge is 0.287 e. The number of hydrogen-bond donors (Lipinski definition) is 1. The first kappa shape index (κ1) is 11.5. The molecule has 1 amide bonds. The van der Waals surface area contributed by atoms with Gasteiger partial charge in [-0.15, -0.1) is 11.6 Å². The highest BCUT2D eigenvalue weighted by molar-refractivity contribution is 6.21. The number of nitrogens with one attached hydrogen (secondary N) is 1. The summed E-state index contributed by atoms with van der Waals surface area (Å²) >= 11 is 6.10. The second kappa shape index (κ2) is 4.91. The second-order valence-electron chi connectivity index (χ2n) is 4.15. The number of carbonyl (C=O) groups excluding carboxylic acids is 1. The lowest BCUT2D eigenvalue weighted by molar-refractivity contribution is 0.0908. The fourth-order valence-electron chi connectivity index (χ4n) is 2.01. The SMILES string of the molecule is CCc1ccc(C(=O)NC2CCCC2Cl)o1. The number of aryl methyl sites for hydroxylation is 1. The van der Waals surface area contributed by atoms with E-state index >= 15 is 0 Å². The predicted molar refractivity (Wildman–Crippen MR) is 62.8 cm³/mol. The molecule has 16 heavy (non-hydrogen) atoms. The van der Waals surface area contributed by atoms with Gasteiger partial charge in [0.15, 0.2) is 5.76 Å². The first-order valence-corrected chi connectivity index (χ1v) is 6.18. The van der Waals surface area contributed by atoms with Gasteiger partial charge in [-0.3, -0.25) is 4.79 Å². The van der Waals surface area contributed by atoms with Crippen LogP contribution in [-0.2, 0) is 6.42 Å². The Morgan fingerprint density at radius 2 is 2.38 bits per heavy atom. The van der Waals surface area contributed by atoms with Crippen LogP contribution in [0.25, 0.3) is 0 Å². The topological polar surface area (TPSA) is 42.2 Å². The molecule has 0 aliphatic heterocycles. The Balaban J connectivity index is 1.97. The molecule has 1 saturated carbocycles. The van der Waals surface area contributed by atoms with Gasteiger partial charge < -0.3 is 9.73 Å². The quantitative estimate of drug-likeness (QED) is 0.827. The van der Waals surface area contributed by atoms with Crippen molar-refractivity contribution < 1.29 is 9.21 Å². The average molecular weight is 242 g/mol. The molecule has 1 N–H and O–H groups in total. The molecule has 88 valence electrons. The lowest BCUT2D eigenvalue weighted by atomic mass is 10.2. The molecule has 1 heterocycles. The second-order valence-corrected chi connectivity index (χ2v) is 4.71. The van der Waals surface area contributed by atoms with Crippen LogP contribution in [0.2, 0.25) is 0 Å². The van der Waals surface area contributed by atoms with Gasteiger partial charge in [-0.1, -0.05) is 6.92 Å². The van der Waals surface area contributed by atoms with Gasteiger partial charge in [0.25, 0.3) is 5.91 Å². The summed E-state index contributed by atoms with van der Waals surface area (Å²) in [6, 6.07) is 3.64. The Morgan fingerprint density at radius 3 is 2.94 bits per heavy atom. The van der Waals surface area contributed by atoms with Gasteiger partial charge in [0, 0.05) is 12.5 Å². The Kier molecular flexibility index (Phi) is 3.54. The van der Waals surface area contributed by atoms with Crippen LogP contribution in [0.3, 0.4) is 0 Å². The fourth-order valence-corrected chi connectivity index (χ4v) is 2.35. The van der Waals surface area contributed by atoms with E-state index in [9.17, 15) is 4.79 Å². The van der Waals surface area contributed by atoms with Crippen molar-refractivity contribution in [2.45, 2.75) is 44.0 Å². The highest BCUT2D eigenvalue weighted by Gasteiger charge is 2.27. The minimum Gasteiger partial charge on any atom is -0.456 e. The molecule has 1 aliphatic carbocycles. The molecule has 3 nitrogen and oxygen atoms in total. The summed E-state index contributed by atoms with van der Waals surface area (Å²) in [6.07, 6.45) is 3.82. The fraction of sp³-hybridized carbons (Fsp3) is 0.583. The van der Waals surface area contributed by atoms with Gasteiger partial charge in [0.05, 0.1) is 5.38 Å². The molecule has 0 spiro atoms. The summed E-state index contributed by atoms with van der Waals surface area (Å²) in [7, 11) is 0. The van der Waals surface area contributed by atoms with E-state index in [1.807, 2.05) is 13.0 Å². The van der Waals surface area contributed by atoms with Gasteiger partial charge in [-0.2, -0.15) is 0 Å². The van der Waals surface area contributed by atoms with E-state index in [2.05, 4.69) is 5.32 Å². The molecule has 0 bridgehead atoms. The third-order valence-electron chi connectivity index (χ3n) is 2.98. The van der Waals surface area contributed by atoms with Crippen LogP contribution in [0, 0.1) is 0 Å². The lowest BCUT2D eigenvalue weighted by Gasteiger charge is -2.14. The van der Waals surface area contributed by atoms with E-state index in [1.165, 1.54) is 0 Å². The van der Waals surface area contributed by atoms with Crippen molar-refractivity contribution in [3.8, 4) is 0 Å². The largest absolute Gasteiger partial charge is 0.456 e. The zero-order valence-corrected chi connectivity index (χ0v) is 10.1. The van der Waals surface area contributed by atoms with E-state index < -0.39 is 0 Å². The molecule has 2 unspecified atom stereocenters. The van der Waals surface area contributed by atoms with Crippen LogP contribution in [0.15, 0.2) is 16.5 Å². The Bertz CT molecular complexity index is 375. The van der Waals surface area contributed by atoms with E-state index in [0.717, 1.165) is 31.4 Å². The Hall–Kier alpha value is -0.960. The maximum absolute atomic E-state index is 11.8. The molecule has 1 aromatic heterocycles. The summed E-state index contributed by atoms with van der Waals surface area (Å²) in [6.45, 7) is 1.99. The highest BCUT2D eigenvalue weighted by atomic mass is 35.5. The first-order valence-electron chi connectivity index (χ1n) is 5.74. The van der Waals surface area contributed by atoms with Crippen molar-refractivity contribution in [2.75, 3.05) is 0 Å². The number of amides is 1. The normalized spacial score (nSPS) is 24.6. The minimum absolute atomic E-state index is 0.0598. The highest BCUT2D eigenvalue weighted by Crippen LogP contribution is 2.24. The maximum Gasteiger partial charge on any atom is 0.287 e. The van der Waals surface area contributed by atoms with Crippen LogP contribution < -0.4 is 5.32 Å². The molecule has 0 radical (unpaired) electrons. The predicted octanol–water partition coefficient (Wildman–Crippen LogP) is 2.73. The lowest BCUT2D eigenvalue weighted by Crippen LogP contribution is -2.37. The molecule has 0 aromatic carbocycles. The van der Waals surface area contributed by atoms with Crippen molar-refractivity contribution in [1.29, 1.82) is 0 Å². The summed E-state index contributed by atoms with van der Waals surface area (Å²) < 4.78 is 5.38. The first-order chi connectivity index (χ1) is 7.70. The molecule has 2 atom stereocenters. The number of alkyl halides is 1. The molecule has 2 rings (SSSR count). The van der Waals surface area contributed by atoms with Crippen LogP contribution in [0.1, 0.15) is 42.5 Å². The molecule has 1 aliphatic rings. The monoisotopic (exact) mass is 241 g/mol. The summed E-state index contributed by atoms with van der Waals surface area (Å²) in [4.78, 5) is 11.8. The third-order valence-corrected chi connectivity index (χ3v) is 3.50. The third kappa shape index (κ3) is 2.40. The van der Waals surface area contributed by atoms with Crippen LogP contribution >= 0.6 is 11.6 Å². The van der Waals surface area contributed by atoms with Crippen molar-refractivity contribution in [3.63, 3.8) is 0 Å². The van der Waals surface area contributed by atoms with Gasteiger partial charge in [-0.05, 0) is 31.4 Å². The van der Waals surface area contributed by atoms with E-state index in [-0.39, 0.29) is 17.3 Å². The Labute approximate surface area is 100 Å². The van der Waals surface area contributed by atoms with Crippen molar-refractivity contribution in [3.05, 3.63) is 23.7 Å². The summed E-state index contributed by atoms with van der Waals surface area (Å²) in [5.74, 6) is 1.06. The number of furan rings is 1.